The molecule has 0 heterocycles. The van der Waals surface area contributed by atoms with E-state index in [9.17, 15) is 14.7 Å². The van der Waals surface area contributed by atoms with E-state index >= 15 is 0 Å². The van der Waals surface area contributed by atoms with E-state index in [1.165, 1.54) is 6.07 Å². The van der Waals surface area contributed by atoms with Gasteiger partial charge in [0, 0.05) is 4.47 Å². The molecule has 1 aliphatic carbocycles. The van der Waals surface area contributed by atoms with Crippen LogP contribution in [0.3, 0.4) is 0 Å². The second-order valence-electron chi connectivity index (χ2n) is 5.02. The Balaban J connectivity index is 2.07. The van der Waals surface area contributed by atoms with Crippen molar-refractivity contribution < 1.29 is 19.8 Å². The van der Waals surface area contributed by atoms with Crippen LogP contribution in [0.5, 0.6) is 0 Å². The van der Waals surface area contributed by atoms with Gasteiger partial charge in [0.05, 0.1) is 23.4 Å². The number of carbonyl (C=O) groups is 2. The van der Waals surface area contributed by atoms with Gasteiger partial charge in [-0.2, -0.15) is 0 Å². The van der Waals surface area contributed by atoms with E-state index < -0.39 is 18.1 Å². The van der Waals surface area contributed by atoms with E-state index in [0.717, 1.165) is 19.3 Å². The van der Waals surface area contributed by atoms with E-state index in [0.29, 0.717) is 10.9 Å². The maximum absolute atomic E-state index is 12.0. The van der Waals surface area contributed by atoms with Crippen LogP contribution in [-0.2, 0) is 0 Å². The summed E-state index contributed by atoms with van der Waals surface area (Å²) in [5.41, 5.74) is 0.205. The summed E-state index contributed by atoms with van der Waals surface area (Å²) in [4.78, 5) is 23.2. The number of halogens is 1. The lowest BCUT2D eigenvalue weighted by atomic mass is 9.93. The van der Waals surface area contributed by atoms with Crippen LogP contribution in [0.2, 0.25) is 0 Å². The quantitative estimate of drug-likeness (QED) is 0.668. The van der Waals surface area contributed by atoms with Crippen LogP contribution in [-0.4, -0.2) is 34.4 Å². The molecule has 0 spiro atoms. The summed E-state index contributed by atoms with van der Waals surface area (Å²) in [5, 5.41) is 24.2. The molecule has 2 amide bonds. The summed E-state index contributed by atoms with van der Waals surface area (Å²) in [6.07, 6.45) is 2.74. The van der Waals surface area contributed by atoms with Crippen molar-refractivity contribution >= 4 is 33.6 Å². The Morgan fingerprint density at radius 3 is 2.62 bits per heavy atom. The number of aliphatic hydroxyl groups excluding tert-OH is 1. The molecule has 6 nitrogen and oxygen atoms in total. The van der Waals surface area contributed by atoms with Crippen LogP contribution >= 0.6 is 15.9 Å². The van der Waals surface area contributed by atoms with Crippen molar-refractivity contribution in [1.82, 2.24) is 5.32 Å². The molecule has 0 radical (unpaired) electrons. The first kappa shape index (κ1) is 15.8. The number of carboxylic acids is 1. The fourth-order valence-electron chi connectivity index (χ4n) is 2.43. The summed E-state index contributed by atoms with van der Waals surface area (Å²) in [5.74, 6) is -1.12. The van der Waals surface area contributed by atoms with E-state index in [-0.39, 0.29) is 17.3 Å². The molecule has 0 aliphatic heterocycles. The van der Waals surface area contributed by atoms with Crippen molar-refractivity contribution in [2.75, 3.05) is 5.32 Å². The minimum absolute atomic E-state index is 0.00344. The summed E-state index contributed by atoms with van der Waals surface area (Å²) >= 11 is 3.23. The average molecular weight is 357 g/mol. The Morgan fingerprint density at radius 2 is 1.95 bits per heavy atom. The van der Waals surface area contributed by atoms with E-state index in [1.54, 1.807) is 12.1 Å². The maximum Gasteiger partial charge on any atom is 0.337 e. The zero-order valence-electron chi connectivity index (χ0n) is 11.3. The molecule has 0 saturated heterocycles. The number of nitrogens with one attached hydrogen (secondary N) is 2. The maximum atomic E-state index is 12.0. The lowest BCUT2D eigenvalue weighted by molar-refractivity contribution is 0.0698. The third-order valence-electron chi connectivity index (χ3n) is 3.53. The molecule has 1 saturated carbocycles. The molecule has 0 aromatic heterocycles. The number of carboxylic acid groups (broad SMARTS) is 1. The van der Waals surface area contributed by atoms with Gasteiger partial charge in [0.15, 0.2) is 0 Å². The Kier molecular flexibility index (Phi) is 5.19. The normalized spacial score (nSPS) is 21.6. The van der Waals surface area contributed by atoms with Crippen LogP contribution in [0.15, 0.2) is 22.7 Å². The third kappa shape index (κ3) is 3.95. The minimum atomic E-state index is -1.12. The summed E-state index contributed by atoms with van der Waals surface area (Å²) in [6, 6.07) is 3.84. The first-order chi connectivity index (χ1) is 9.99. The van der Waals surface area contributed by atoms with Crippen molar-refractivity contribution in [3.05, 3.63) is 28.2 Å². The molecular weight excluding hydrogens is 340 g/mol. The number of hydrogen-bond donors (Lipinski definition) is 4. The number of urea groups is 1. The fraction of sp³-hybridized carbons (Fsp3) is 0.429. The van der Waals surface area contributed by atoms with Crippen molar-refractivity contribution in [3.8, 4) is 0 Å². The molecular formula is C14H17BrN2O4. The Bertz CT molecular complexity index is 550. The molecule has 2 atom stereocenters. The Hall–Kier alpha value is -1.60. The molecule has 2 rings (SSSR count). The van der Waals surface area contributed by atoms with Gasteiger partial charge in [-0.25, -0.2) is 9.59 Å². The number of carbonyl (C=O) groups excluding carboxylic acids is 1. The Morgan fingerprint density at radius 1 is 1.24 bits per heavy atom. The van der Waals surface area contributed by atoms with Crippen molar-refractivity contribution in [1.29, 1.82) is 0 Å². The molecule has 1 aromatic rings. The predicted molar refractivity (Wildman–Crippen MR) is 81.5 cm³/mol. The van der Waals surface area contributed by atoms with Gasteiger partial charge in [-0.1, -0.05) is 18.9 Å². The molecule has 1 aliphatic rings. The zero-order chi connectivity index (χ0) is 15.4. The number of aromatic carboxylic acids is 1. The second-order valence-corrected chi connectivity index (χ2v) is 5.88. The van der Waals surface area contributed by atoms with Crippen LogP contribution in [0.4, 0.5) is 10.5 Å². The number of anilines is 1. The molecule has 21 heavy (non-hydrogen) atoms. The lowest BCUT2D eigenvalue weighted by Gasteiger charge is -2.28. The predicted octanol–water partition coefficient (Wildman–Crippen LogP) is 2.57. The van der Waals surface area contributed by atoms with Crippen LogP contribution in [0.1, 0.15) is 36.0 Å². The largest absolute Gasteiger partial charge is 0.478 e. The minimum Gasteiger partial charge on any atom is -0.478 e. The van der Waals surface area contributed by atoms with E-state index in [2.05, 4.69) is 26.6 Å². The highest BCUT2D eigenvalue weighted by molar-refractivity contribution is 9.10. The summed E-state index contributed by atoms with van der Waals surface area (Å²) in [7, 11) is 0. The molecule has 1 fully saturated rings. The van der Waals surface area contributed by atoms with Gasteiger partial charge in [-0.3, -0.25) is 0 Å². The highest BCUT2D eigenvalue weighted by Gasteiger charge is 2.25. The number of aliphatic hydroxyl groups is 1. The van der Waals surface area contributed by atoms with Gasteiger partial charge in [0.2, 0.25) is 0 Å². The number of hydrogen-bond acceptors (Lipinski definition) is 3. The first-order valence-electron chi connectivity index (χ1n) is 6.76. The second kappa shape index (κ2) is 6.91. The average Bonchev–Trinajstić information content (AvgIpc) is 2.43. The van der Waals surface area contributed by atoms with Crippen molar-refractivity contribution in [2.45, 2.75) is 37.8 Å². The van der Waals surface area contributed by atoms with Gasteiger partial charge >= 0.3 is 12.0 Å². The molecule has 7 heteroatoms. The molecule has 0 bridgehead atoms. The van der Waals surface area contributed by atoms with Gasteiger partial charge < -0.3 is 20.8 Å². The number of para-hydroxylation sites is 1. The molecule has 4 N–H and O–H groups in total. The van der Waals surface area contributed by atoms with Gasteiger partial charge in [-0.15, -0.1) is 0 Å². The van der Waals surface area contributed by atoms with Crippen LogP contribution < -0.4 is 10.6 Å². The highest BCUT2D eigenvalue weighted by Crippen LogP contribution is 2.26. The van der Waals surface area contributed by atoms with Crippen LogP contribution in [0.25, 0.3) is 0 Å². The first-order valence-corrected chi connectivity index (χ1v) is 7.55. The third-order valence-corrected chi connectivity index (χ3v) is 4.19. The Labute approximate surface area is 130 Å². The zero-order valence-corrected chi connectivity index (χ0v) is 12.9. The molecule has 2 unspecified atom stereocenters. The van der Waals surface area contributed by atoms with E-state index in [1.807, 2.05) is 0 Å². The van der Waals surface area contributed by atoms with Gasteiger partial charge in [0.25, 0.3) is 0 Å². The lowest BCUT2D eigenvalue weighted by Crippen LogP contribution is -2.46. The monoisotopic (exact) mass is 356 g/mol. The molecule has 1 aromatic carbocycles. The summed E-state index contributed by atoms with van der Waals surface area (Å²) < 4.78 is 0.488. The van der Waals surface area contributed by atoms with Crippen molar-refractivity contribution in [3.63, 3.8) is 0 Å². The fourth-order valence-corrected chi connectivity index (χ4v) is 2.89. The van der Waals surface area contributed by atoms with Crippen LogP contribution in [0, 0.1) is 0 Å². The smallest absolute Gasteiger partial charge is 0.337 e. The number of benzene rings is 1. The highest BCUT2D eigenvalue weighted by atomic mass is 79.9. The molecule has 114 valence electrons. The number of amides is 2. The van der Waals surface area contributed by atoms with Crippen molar-refractivity contribution in [2.24, 2.45) is 0 Å². The topological polar surface area (TPSA) is 98.7 Å². The van der Waals surface area contributed by atoms with E-state index in [4.69, 9.17) is 5.11 Å². The van der Waals surface area contributed by atoms with Gasteiger partial charge in [-0.05, 0) is 40.9 Å². The summed E-state index contributed by atoms with van der Waals surface area (Å²) in [6.45, 7) is 0. The number of rotatable bonds is 3. The van der Waals surface area contributed by atoms with Gasteiger partial charge in [0.1, 0.15) is 0 Å². The SMILES string of the molecule is O=C(Nc1c(Br)cccc1C(=O)O)NC1CCCCC1O. The standard InChI is InChI=1S/C14H17BrN2O4/c15-9-5-3-4-8(13(19)20)12(9)17-14(21)16-10-6-1-2-7-11(10)18/h3-5,10-11,18H,1-2,6-7H2,(H,19,20)(H2,16,17,21).